The molecule has 7 nitrogen and oxygen atoms in total. The van der Waals surface area contributed by atoms with E-state index in [-0.39, 0.29) is 28.6 Å². The Morgan fingerprint density at radius 3 is 2.40 bits per heavy atom. The number of carbonyl (C=O) groups excluding carboxylic acids is 3. The van der Waals surface area contributed by atoms with Crippen LogP contribution in [0, 0.1) is 11.7 Å². The van der Waals surface area contributed by atoms with Gasteiger partial charge in [-0.15, -0.1) is 0 Å². The van der Waals surface area contributed by atoms with Crippen LogP contribution in [0.25, 0.3) is 6.08 Å². The molecule has 4 aromatic rings. The zero-order valence-corrected chi connectivity index (χ0v) is 23.4. The van der Waals surface area contributed by atoms with Gasteiger partial charge in [-0.1, -0.05) is 42.5 Å². The lowest BCUT2D eigenvalue weighted by Crippen LogP contribution is -2.49. The molecule has 3 heterocycles. The van der Waals surface area contributed by atoms with Crippen LogP contribution in [0.3, 0.4) is 0 Å². The fraction of sp³-hybridized carbons (Fsp3) is 0.171. The average Bonchev–Trinajstić information content (AvgIpc) is 3.52. The molecule has 0 aromatic heterocycles. The number of hydrogen-bond donors (Lipinski definition) is 1. The van der Waals surface area contributed by atoms with Crippen molar-refractivity contribution in [3.05, 3.63) is 131 Å². The minimum absolute atomic E-state index is 0.208. The molecular formula is C35H27FN2O5. The normalized spacial score (nSPS) is 22.9. The van der Waals surface area contributed by atoms with Crippen molar-refractivity contribution in [3.63, 3.8) is 0 Å². The first-order valence-corrected chi connectivity index (χ1v) is 13.9. The van der Waals surface area contributed by atoms with Crippen molar-refractivity contribution in [2.75, 3.05) is 19.5 Å². The predicted octanol–water partition coefficient (Wildman–Crippen LogP) is 5.82. The van der Waals surface area contributed by atoms with Gasteiger partial charge in [-0.25, -0.2) is 4.39 Å². The van der Waals surface area contributed by atoms with Crippen LogP contribution >= 0.6 is 0 Å². The van der Waals surface area contributed by atoms with E-state index in [2.05, 4.69) is 5.32 Å². The van der Waals surface area contributed by atoms with Gasteiger partial charge >= 0.3 is 0 Å². The van der Waals surface area contributed by atoms with Crippen molar-refractivity contribution in [2.24, 2.45) is 5.92 Å². The number of halogens is 1. The van der Waals surface area contributed by atoms with Gasteiger partial charge in [0.2, 0.25) is 5.91 Å². The van der Waals surface area contributed by atoms with E-state index in [1.54, 1.807) is 30.5 Å². The van der Waals surface area contributed by atoms with Gasteiger partial charge in [0.1, 0.15) is 28.8 Å². The summed E-state index contributed by atoms with van der Waals surface area (Å²) in [6.07, 6.45) is 3.70. The predicted molar refractivity (Wildman–Crippen MR) is 159 cm³/mol. The van der Waals surface area contributed by atoms with Crippen LogP contribution in [0.4, 0.5) is 10.1 Å². The van der Waals surface area contributed by atoms with Gasteiger partial charge in [-0.05, 0) is 65.2 Å². The number of ether oxygens (including phenoxy) is 2. The fourth-order valence-electron chi connectivity index (χ4n) is 7.12. The number of carbonyl (C=O) groups is 3. The maximum absolute atomic E-state index is 14.8. The second-order valence-corrected chi connectivity index (χ2v) is 10.9. The molecule has 1 amide bonds. The highest BCUT2D eigenvalue weighted by Crippen LogP contribution is 2.62. The van der Waals surface area contributed by atoms with Crippen LogP contribution in [0.5, 0.6) is 11.5 Å². The van der Waals surface area contributed by atoms with E-state index in [0.29, 0.717) is 17.0 Å². The quantitative estimate of drug-likeness (QED) is 0.292. The molecule has 0 radical (unpaired) electrons. The minimum atomic E-state index is -1.48. The summed E-state index contributed by atoms with van der Waals surface area (Å²) in [4.78, 5) is 45.9. The van der Waals surface area contributed by atoms with Crippen molar-refractivity contribution < 1.29 is 28.2 Å². The van der Waals surface area contributed by atoms with Gasteiger partial charge in [0.15, 0.2) is 11.6 Å². The monoisotopic (exact) mass is 574 g/mol. The number of nitrogens with one attached hydrogen (secondary N) is 1. The molecule has 0 aliphatic carbocycles. The second kappa shape index (κ2) is 9.94. The summed E-state index contributed by atoms with van der Waals surface area (Å²) in [5.74, 6) is -2.07. The highest BCUT2D eigenvalue weighted by Gasteiger charge is 2.70. The summed E-state index contributed by atoms with van der Waals surface area (Å²) in [5.41, 5.74) is 1.92. The Hall–Kier alpha value is -5.24. The molecule has 1 fully saturated rings. The third-order valence-corrected chi connectivity index (χ3v) is 8.92. The summed E-state index contributed by atoms with van der Waals surface area (Å²) in [7, 11) is 2.98. The standard InChI is InChI=1S/C35H27FN2O5/c1-42-23-15-16-25(28(19-23)43-2)32(40)30-29(31(39)21-11-13-22(36)14-12-21)35(26-9-5-6-10-27(26)37-34(35)41)33-24-8-4-3-7-20(24)17-18-38(30)33/h3-19,29-30,33H,1-2H3,(H,37,41)/t29-,30+,33-,35+/m1/s1. The first-order valence-electron chi connectivity index (χ1n) is 13.9. The van der Waals surface area contributed by atoms with Crippen LogP contribution in [0.2, 0.25) is 0 Å². The number of fused-ring (bicyclic) bond motifs is 6. The fourth-order valence-corrected chi connectivity index (χ4v) is 7.12. The summed E-state index contributed by atoms with van der Waals surface area (Å²) in [6, 6.07) is 23.3. The number of rotatable bonds is 6. The van der Waals surface area contributed by atoms with E-state index in [4.69, 9.17) is 9.47 Å². The molecule has 7 rings (SSSR count). The molecule has 3 aliphatic heterocycles. The molecule has 43 heavy (non-hydrogen) atoms. The highest BCUT2D eigenvalue weighted by molar-refractivity contribution is 6.17. The SMILES string of the molecule is COc1ccc(C(=O)[C@@H]2[C@H](C(=O)c3ccc(F)cc3)[C@]3(C(=O)Nc4ccccc43)[C@H]3c4ccccc4C=CN23)c(OC)c1. The number of anilines is 1. The molecular weight excluding hydrogens is 547 g/mol. The lowest BCUT2D eigenvalue weighted by molar-refractivity contribution is -0.122. The molecule has 0 saturated carbocycles. The van der Waals surface area contributed by atoms with E-state index in [1.807, 2.05) is 53.4 Å². The third kappa shape index (κ3) is 3.75. The zero-order chi connectivity index (χ0) is 29.9. The van der Waals surface area contributed by atoms with Gasteiger partial charge in [0.25, 0.3) is 0 Å². The molecule has 3 aliphatic rings. The van der Waals surface area contributed by atoms with Gasteiger partial charge in [-0.2, -0.15) is 0 Å². The number of Topliss-reactive ketones (excluding diaryl/α,β-unsaturated/α-hetero) is 2. The Kier molecular flexibility index (Phi) is 6.16. The van der Waals surface area contributed by atoms with E-state index in [1.165, 1.54) is 38.5 Å². The minimum Gasteiger partial charge on any atom is -0.497 e. The van der Waals surface area contributed by atoms with Crippen LogP contribution in [0.15, 0.2) is 97.2 Å². The highest BCUT2D eigenvalue weighted by atomic mass is 19.1. The van der Waals surface area contributed by atoms with Crippen molar-refractivity contribution in [1.82, 2.24) is 4.90 Å². The van der Waals surface area contributed by atoms with Gasteiger partial charge in [0, 0.05) is 23.5 Å². The number of methoxy groups -OCH3 is 2. The number of ketones is 2. The maximum Gasteiger partial charge on any atom is 0.238 e. The topological polar surface area (TPSA) is 84.9 Å². The summed E-state index contributed by atoms with van der Waals surface area (Å²) >= 11 is 0. The smallest absolute Gasteiger partial charge is 0.238 e. The molecule has 0 unspecified atom stereocenters. The summed E-state index contributed by atoms with van der Waals surface area (Å²) in [6.45, 7) is 0. The summed E-state index contributed by atoms with van der Waals surface area (Å²) in [5, 5.41) is 3.02. The van der Waals surface area contributed by atoms with Gasteiger partial charge < -0.3 is 19.7 Å². The van der Waals surface area contributed by atoms with Crippen LogP contribution in [-0.2, 0) is 10.2 Å². The average molecular weight is 575 g/mol. The van der Waals surface area contributed by atoms with Crippen molar-refractivity contribution in [1.29, 1.82) is 0 Å². The van der Waals surface area contributed by atoms with E-state index in [9.17, 15) is 18.8 Å². The summed E-state index contributed by atoms with van der Waals surface area (Å²) < 4.78 is 24.9. The Bertz CT molecular complexity index is 1830. The van der Waals surface area contributed by atoms with E-state index < -0.39 is 35.0 Å². The Balaban J connectivity index is 1.53. The van der Waals surface area contributed by atoms with E-state index in [0.717, 1.165) is 11.1 Å². The Labute approximate surface area is 247 Å². The van der Waals surface area contributed by atoms with Gasteiger partial charge in [-0.3, -0.25) is 14.4 Å². The lowest BCUT2D eigenvalue weighted by atomic mass is 9.62. The Morgan fingerprint density at radius 1 is 0.884 bits per heavy atom. The lowest BCUT2D eigenvalue weighted by Gasteiger charge is -2.38. The largest absolute Gasteiger partial charge is 0.497 e. The van der Waals surface area contributed by atoms with Crippen LogP contribution in [0.1, 0.15) is 43.4 Å². The third-order valence-electron chi connectivity index (χ3n) is 8.92. The molecule has 214 valence electrons. The van der Waals surface area contributed by atoms with E-state index >= 15 is 0 Å². The van der Waals surface area contributed by atoms with Crippen molar-refractivity contribution in [3.8, 4) is 11.5 Å². The maximum atomic E-state index is 14.8. The van der Waals surface area contributed by atoms with Crippen molar-refractivity contribution in [2.45, 2.75) is 17.5 Å². The number of para-hydroxylation sites is 1. The number of hydrogen-bond acceptors (Lipinski definition) is 6. The molecule has 4 atom stereocenters. The molecule has 8 heteroatoms. The number of benzene rings is 4. The van der Waals surface area contributed by atoms with Crippen molar-refractivity contribution >= 4 is 29.2 Å². The van der Waals surface area contributed by atoms with Gasteiger partial charge in [0.05, 0.1) is 31.7 Å². The molecule has 1 saturated heterocycles. The Morgan fingerprint density at radius 2 is 1.63 bits per heavy atom. The molecule has 0 bridgehead atoms. The van der Waals surface area contributed by atoms with Crippen LogP contribution < -0.4 is 14.8 Å². The number of nitrogens with zero attached hydrogens (tertiary/aromatic N) is 1. The molecule has 4 aromatic carbocycles. The first-order chi connectivity index (χ1) is 20.9. The zero-order valence-electron chi connectivity index (χ0n) is 23.4. The molecule has 1 N–H and O–H groups in total. The number of amides is 1. The second-order valence-electron chi connectivity index (χ2n) is 10.9. The molecule has 1 spiro atoms. The van der Waals surface area contributed by atoms with Crippen LogP contribution in [-0.4, -0.2) is 42.6 Å². The first kappa shape index (κ1) is 26.6.